The van der Waals surface area contributed by atoms with E-state index in [0.717, 1.165) is 16.0 Å². The third kappa shape index (κ3) is 3.15. The highest BCUT2D eigenvalue weighted by molar-refractivity contribution is 8.00. The topological polar surface area (TPSA) is 78.8 Å². The molecule has 1 aromatic rings. The zero-order valence-electron chi connectivity index (χ0n) is 9.34. The van der Waals surface area contributed by atoms with Crippen molar-refractivity contribution >= 4 is 17.6 Å². The molecule has 0 spiro atoms. The fourth-order valence-electron chi connectivity index (χ4n) is 1.32. The van der Waals surface area contributed by atoms with Crippen LogP contribution in [0.1, 0.15) is 18.1 Å². The van der Waals surface area contributed by atoms with Crippen LogP contribution >= 0.6 is 11.8 Å². The summed E-state index contributed by atoms with van der Waals surface area (Å²) in [4.78, 5) is 1.06. The van der Waals surface area contributed by atoms with E-state index in [0.29, 0.717) is 0 Å². The monoisotopic (exact) mass is 240 g/mol. The van der Waals surface area contributed by atoms with E-state index < -0.39 is 0 Å². The van der Waals surface area contributed by atoms with E-state index in [2.05, 4.69) is 5.16 Å². The Morgan fingerprint density at radius 2 is 2.25 bits per heavy atom. The summed E-state index contributed by atoms with van der Waals surface area (Å²) in [5.74, 6) is 0.115. The molecular weight excluding hydrogens is 224 g/mol. The molecule has 1 rings (SSSR count). The predicted octanol–water partition coefficient (Wildman–Crippen LogP) is 1.56. The maximum absolute atomic E-state index is 8.95. The first kappa shape index (κ1) is 12.9. The van der Waals surface area contributed by atoms with Crippen molar-refractivity contribution in [1.29, 1.82) is 0 Å². The summed E-state index contributed by atoms with van der Waals surface area (Å²) >= 11 is 1.59. The van der Waals surface area contributed by atoms with E-state index in [-0.39, 0.29) is 17.7 Å². The van der Waals surface area contributed by atoms with E-state index in [1.165, 1.54) is 0 Å². The van der Waals surface area contributed by atoms with E-state index in [4.69, 9.17) is 16.0 Å². The van der Waals surface area contributed by atoms with Gasteiger partial charge in [0.25, 0.3) is 0 Å². The van der Waals surface area contributed by atoms with Gasteiger partial charge in [0.1, 0.15) is 0 Å². The van der Waals surface area contributed by atoms with Crippen LogP contribution in [0.4, 0.5) is 0 Å². The molecule has 0 aromatic heterocycles. The van der Waals surface area contributed by atoms with Gasteiger partial charge in [-0.3, -0.25) is 0 Å². The summed E-state index contributed by atoms with van der Waals surface area (Å²) in [6, 6.07) is 5.68. The molecule has 1 unspecified atom stereocenters. The minimum atomic E-state index is 0.115. The number of aliphatic hydroxyl groups is 1. The zero-order valence-corrected chi connectivity index (χ0v) is 10.2. The third-order valence-electron chi connectivity index (χ3n) is 2.18. The summed E-state index contributed by atoms with van der Waals surface area (Å²) in [6.07, 6.45) is 0. The fourth-order valence-corrected chi connectivity index (χ4v) is 2.25. The number of hydrogen-bond donors (Lipinski definition) is 3. The van der Waals surface area contributed by atoms with Gasteiger partial charge < -0.3 is 16.0 Å². The Balaban J connectivity index is 2.91. The number of aryl methyl sites for hydroxylation is 1. The fraction of sp³-hybridized carbons (Fsp3) is 0.364. The summed E-state index contributed by atoms with van der Waals surface area (Å²) in [5, 5.41) is 20.7. The van der Waals surface area contributed by atoms with Crippen molar-refractivity contribution < 1.29 is 10.3 Å². The van der Waals surface area contributed by atoms with Gasteiger partial charge in [0.2, 0.25) is 0 Å². The Labute approximate surface area is 99.2 Å². The van der Waals surface area contributed by atoms with Gasteiger partial charge in [-0.1, -0.05) is 12.1 Å². The molecule has 0 bridgehead atoms. The minimum absolute atomic E-state index is 0.115. The van der Waals surface area contributed by atoms with Crippen LogP contribution in [0.15, 0.2) is 28.3 Å². The zero-order chi connectivity index (χ0) is 12.1. The van der Waals surface area contributed by atoms with Crippen molar-refractivity contribution in [3.8, 4) is 0 Å². The summed E-state index contributed by atoms with van der Waals surface area (Å²) in [5.41, 5.74) is 7.20. The molecule has 0 aliphatic carbocycles. The number of hydrogen-bond acceptors (Lipinski definition) is 4. The summed E-state index contributed by atoms with van der Waals surface area (Å²) in [6.45, 7) is 4.00. The molecule has 0 fully saturated rings. The maximum atomic E-state index is 8.95. The van der Waals surface area contributed by atoms with E-state index in [1.807, 2.05) is 32.0 Å². The van der Waals surface area contributed by atoms with Crippen LogP contribution in [-0.2, 0) is 0 Å². The van der Waals surface area contributed by atoms with Gasteiger partial charge >= 0.3 is 0 Å². The van der Waals surface area contributed by atoms with Crippen LogP contribution in [0.3, 0.4) is 0 Å². The lowest BCUT2D eigenvalue weighted by molar-refractivity contribution is 0.300. The quantitative estimate of drug-likeness (QED) is 0.245. The lowest BCUT2D eigenvalue weighted by atomic mass is 10.1. The van der Waals surface area contributed by atoms with Gasteiger partial charge in [0, 0.05) is 15.7 Å². The average molecular weight is 240 g/mol. The van der Waals surface area contributed by atoms with Gasteiger partial charge in [0.15, 0.2) is 5.84 Å². The van der Waals surface area contributed by atoms with Gasteiger partial charge in [-0.15, -0.1) is 11.8 Å². The summed E-state index contributed by atoms with van der Waals surface area (Å²) in [7, 11) is 0. The van der Waals surface area contributed by atoms with E-state index >= 15 is 0 Å². The van der Waals surface area contributed by atoms with E-state index in [9.17, 15) is 0 Å². The Hall–Kier alpha value is -1.20. The molecule has 0 saturated heterocycles. The average Bonchev–Trinajstić information content (AvgIpc) is 2.28. The third-order valence-corrected chi connectivity index (χ3v) is 3.25. The second-order valence-corrected chi connectivity index (χ2v) is 5.08. The first-order valence-electron chi connectivity index (χ1n) is 4.94. The Morgan fingerprint density at radius 1 is 1.56 bits per heavy atom. The SMILES string of the molecule is Cc1cc(SC(C)CO)ccc1/C(N)=N/O. The number of oxime groups is 1. The Morgan fingerprint density at radius 3 is 2.75 bits per heavy atom. The van der Waals surface area contributed by atoms with Crippen LogP contribution in [0.25, 0.3) is 0 Å². The smallest absolute Gasteiger partial charge is 0.170 e. The minimum Gasteiger partial charge on any atom is -0.409 e. The molecule has 0 aliphatic heterocycles. The molecule has 1 atom stereocenters. The largest absolute Gasteiger partial charge is 0.409 e. The molecule has 5 heteroatoms. The number of nitrogens with two attached hydrogens (primary N) is 1. The van der Waals surface area contributed by atoms with Gasteiger partial charge in [-0.2, -0.15) is 0 Å². The number of thioether (sulfide) groups is 1. The van der Waals surface area contributed by atoms with Crippen LogP contribution in [0, 0.1) is 6.92 Å². The molecule has 16 heavy (non-hydrogen) atoms. The molecule has 4 N–H and O–H groups in total. The number of benzene rings is 1. The maximum Gasteiger partial charge on any atom is 0.170 e. The first-order chi connectivity index (χ1) is 7.58. The standard InChI is InChI=1S/C11H16N2O2S/c1-7-5-9(16-8(2)6-14)3-4-10(7)11(12)13-15/h3-5,8,14-15H,6H2,1-2H3,(H2,12,13). The lowest BCUT2D eigenvalue weighted by Gasteiger charge is -2.10. The predicted molar refractivity (Wildman–Crippen MR) is 66.1 cm³/mol. The molecule has 0 radical (unpaired) electrons. The number of amidine groups is 1. The van der Waals surface area contributed by atoms with Crippen molar-refractivity contribution in [2.24, 2.45) is 10.9 Å². The molecule has 4 nitrogen and oxygen atoms in total. The van der Waals surface area contributed by atoms with Crippen molar-refractivity contribution in [1.82, 2.24) is 0 Å². The lowest BCUT2D eigenvalue weighted by Crippen LogP contribution is -2.14. The van der Waals surface area contributed by atoms with Crippen molar-refractivity contribution in [3.63, 3.8) is 0 Å². The second-order valence-electron chi connectivity index (χ2n) is 3.57. The highest BCUT2D eigenvalue weighted by Gasteiger charge is 2.07. The highest BCUT2D eigenvalue weighted by Crippen LogP contribution is 2.25. The number of rotatable bonds is 4. The van der Waals surface area contributed by atoms with Crippen LogP contribution in [-0.4, -0.2) is 28.0 Å². The van der Waals surface area contributed by atoms with Crippen LogP contribution in [0.5, 0.6) is 0 Å². The molecule has 0 heterocycles. The summed E-state index contributed by atoms with van der Waals surface area (Å²) < 4.78 is 0. The molecule has 88 valence electrons. The van der Waals surface area contributed by atoms with Crippen LogP contribution < -0.4 is 5.73 Å². The van der Waals surface area contributed by atoms with Gasteiger partial charge in [-0.25, -0.2) is 0 Å². The number of aliphatic hydroxyl groups excluding tert-OH is 1. The van der Waals surface area contributed by atoms with Crippen molar-refractivity contribution in [3.05, 3.63) is 29.3 Å². The number of nitrogens with zero attached hydrogens (tertiary/aromatic N) is 1. The van der Waals surface area contributed by atoms with Crippen molar-refractivity contribution in [2.75, 3.05) is 6.61 Å². The molecule has 1 aromatic carbocycles. The molecule has 0 saturated carbocycles. The first-order valence-corrected chi connectivity index (χ1v) is 5.82. The second kappa shape index (κ2) is 5.77. The van der Waals surface area contributed by atoms with Crippen LogP contribution in [0.2, 0.25) is 0 Å². The van der Waals surface area contributed by atoms with Crippen molar-refractivity contribution in [2.45, 2.75) is 24.0 Å². The normalized spacial score (nSPS) is 13.8. The molecule has 0 aliphatic rings. The Kier molecular flexibility index (Phi) is 4.64. The van der Waals surface area contributed by atoms with Gasteiger partial charge in [-0.05, 0) is 30.7 Å². The molecule has 0 amide bonds. The van der Waals surface area contributed by atoms with Gasteiger partial charge in [0.05, 0.1) is 6.61 Å². The molecular formula is C11H16N2O2S. The Bertz CT molecular complexity index is 394. The highest BCUT2D eigenvalue weighted by atomic mass is 32.2. The van der Waals surface area contributed by atoms with E-state index in [1.54, 1.807) is 11.8 Å².